The average Bonchev–Trinajstić information content (AvgIpc) is 2.74. The van der Waals surface area contributed by atoms with Gasteiger partial charge in [-0.1, -0.05) is 30.3 Å². The van der Waals surface area contributed by atoms with Crippen molar-refractivity contribution in [3.8, 4) is 0 Å². The van der Waals surface area contributed by atoms with Gasteiger partial charge < -0.3 is 14.5 Å². The maximum atomic E-state index is 13.8. The van der Waals surface area contributed by atoms with Crippen LogP contribution in [0.25, 0.3) is 0 Å². The van der Waals surface area contributed by atoms with Crippen LogP contribution in [0.1, 0.15) is 12.0 Å². The molecule has 0 amide bonds. The van der Waals surface area contributed by atoms with Gasteiger partial charge in [-0.2, -0.15) is 18.2 Å². The minimum Gasteiger partial charge on any atom is -0.372 e. The molecule has 0 saturated carbocycles. The zero-order chi connectivity index (χ0) is 21.3. The summed E-state index contributed by atoms with van der Waals surface area (Å²) >= 11 is 0. The smallest absolute Gasteiger partial charge is 0.372 e. The van der Waals surface area contributed by atoms with Gasteiger partial charge in [-0.25, -0.2) is 4.39 Å². The number of rotatable bonds is 4. The highest BCUT2D eigenvalue weighted by Gasteiger charge is 2.47. The van der Waals surface area contributed by atoms with E-state index in [1.807, 2.05) is 0 Å². The van der Waals surface area contributed by atoms with E-state index in [0.717, 1.165) is 4.90 Å². The Morgan fingerprint density at radius 3 is 2.63 bits per heavy atom. The first-order valence-electron chi connectivity index (χ1n) is 9.78. The third-order valence-corrected chi connectivity index (χ3v) is 5.44. The van der Waals surface area contributed by atoms with Gasteiger partial charge >= 0.3 is 6.18 Å². The molecule has 2 atom stereocenters. The first-order chi connectivity index (χ1) is 14.4. The lowest BCUT2D eigenvalue weighted by Crippen LogP contribution is -2.52. The lowest BCUT2D eigenvalue weighted by atomic mass is 10.1. The van der Waals surface area contributed by atoms with E-state index in [1.54, 1.807) is 35.2 Å². The van der Waals surface area contributed by atoms with Crippen LogP contribution < -0.4 is 15.4 Å². The molecule has 3 heterocycles. The highest BCUT2D eigenvalue weighted by atomic mass is 19.4. The number of halogens is 4. The fourth-order valence-electron chi connectivity index (χ4n) is 3.94. The molecule has 1 aromatic heterocycles. The molecule has 2 aromatic rings. The van der Waals surface area contributed by atoms with Crippen LogP contribution in [-0.2, 0) is 17.8 Å². The second-order valence-electron chi connectivity index (χ2n) is 7.46. The van der Waals surface area contributed by atoms with Crippen LogP contribution in [0.4, 0.5) is 29.3 Å². The Morgan fingerprint density at radius 1 is 1.17 bits per heavy atom. The van der Waals surface area contributed by atoms with E-state index >= 15 is 0 Å². The molecule has 0 N–H and O–H groups in total. The molecular weight excluding hydrogens is 404 g/mol. The summed E-state index contributed by atoms with van der Waals surface area (Å²) in [5.74, 6) is 0.229. The fraction of sp³-hybridized carbons (Fsp3) is 0.500. The monoisotopic (exact) mass is 426 g/mol. The number of hydrogen-bond acceptors (Lipinski definition) is 5. The molecule has 1 aromatic carbocycles. The van der Waals surface area contributed by atoms with E-state index in [2.05, 4.69) is 4.98 Å². The number of fused-ring (bicyclic) bond motifs is 1. The van der Waals surface area contributed by atoms with Crippen LogP contribution in [0.15, 0.2) is 41.2 Å². The standard InChI is InChI=1S/C20H22F4N4O2/c21-11-15-13-26(8-9-30-15)17-10-18(29)27-7-6-16(20(22,23)24)28(19(27)25-17)12-14-4-2-1-3-5-14/h1-5,10,15-16H,6-9,11-13H2. The topological polar surface area (TPSA) is 50.6 Å². The molecule has 0 radical (unpaired) electrons. The summed E-state index contributed by atoms with van der Waals surface area (Å²) in [5, 5.41) is 0. The molecule has 1 fully saturated rings. The van der Waals surface area contributed by atoms with Crippen molar-refractivity contribution in [3.05, 3.63) is 52.3 Å². The normalized spacial score (nSPS) is 22.1. The van der Waals surface area contributed by atoms with Crippen molar-refractivity contribution in [3.63, 3.8) is 0 Å². The summed E-state index contributed by atoms with van der Waals surface area (Å²) in [5.41, 5.74) is 0.265. The summed E-state index contributed by atoms with van der Waals surface area (Å²) in [6, 6.07) is 8.33. The third-order valence-electron chi connectivity index (χ3n) is 5.44. The number of morpholine rings is 1. The van der Waals surface area contributed by atoms with Gasteiger partial charge in [0.15, 0.2) is 0 Å². The second-order valence-corrected chi connectivity index (χ2v) is 7.46. The van der Waals surface area contributed by atoms with Crippen molar-refractivity contribution in [2.75, 3.05) is 36.2 Å². The van der Waals surface area contributed by atoms with Crippen molar-refractivity contribution >= 4 is 11.8 Å². The molecule has 10 heteroatoms. The van der Waals surface area contributed by atoms with Crippen molar-refractivity contribution in [1.29, 1.82) is 0 Å². The minimum atomic E-state index is -4.47. The van der Waals surface area contributed by atoms with Gasteiger partial charge in [0.2, 0.25) is 5.95 Å². The molecular formula is C20H22F4N4O2. The summed E-state index contributed by atoms with van der Waals surface area (Å²) in [6.45, 7) is 0.0517. The van der Waals surface area contributed by atoms with Crippen molar-refractivity contribution < 1.29 is 22.3 Å². The Labute approximate surface area is 170 Å². The predicted molar refractivity (Wildman–Crippen MR) is 104 cm³/mol. The maximum Gasteiger partial charge on any atom is 0.408 e. The van der Waals surface area contributed by atoms with Crippen LogP contribution in [0.2, 0.25) is 0 Å². The average molecular weight is 426 g/mol. The molecule has 30 heavy (non-hydrogen) atoms. The summed E-state index contributed by atoms with van der Waals surface area (Å²) < 4.78 is 61.1. The van der Waals surface area contributed by atoms with E-state index in [-0.39, 0.29) is 44.4 Å². The first kappa shape index (κ1) is 20.6. The van der Waals surface area contributed by atoms with Crippen molar-refractivity contribution in [2.45, 2.75) is 37.8 Å². The number of ether oxygens (including phenoxy) is 1. The molecule has 162 valence electrons. The van der Waals surface area contributed by atoms with Crippen LogP contribution in [-0.4, -0.2) is 54.2 Å². The van der Waals surface area contributed by atoms with Crippen LogP contribution in [0, 0.1) is 0 Å². The Kier molecular flexibility index (Phi) is 5.68. The molecule has 6 nitrogen and oxygen atoms in total. The third kappa shape index (κ3) is 4.14. The van der Waals surface area contributed by atoms with Crippen LogP contribution in [0.5, 0.6) is 0 Å². The number of nitrogens with zero attached hydrogens (tertiary/aromatic N) is 4. The summed E-state index contributed by atoms with van der Waals surface area (Å²) in [6.07, 6.45) is -5.35. The second kappa shape index (κ2) is 8.25. The van der Waals surface area contributed by atoms with E-state index in [9.17, 15) is 22.4 Å². The SMILES string of the molecule is O=c1cc(N2CCOC(CF)C2)nc2n1CCC(C(F)(F)F)N2Cc1ccccc1. The summed E-state index contributed by atoms with van der Waals surface area (Å²) in [4.78, 5) is 20.0. The Hall–Kier alpha value is -2.62. The highest BCUT2D eigenvalue weighted by molar-refractivity contribution is 5.47. The molecule has 2 aliphatic rings. The molecule has 4 rings (SSSR count). The fourth-order valence-corrected chi connectivity index (χ4v) is 3.94. The minimum absolute atomic E-state index is 0.0155. The van der Waals surface area contributed by atoms with Gasteiger partial charge in [-0.15, -0.1) is 0 Å². The predicted octanol–water partition coefficient (Wildman–Crippen LogP) is 2.76. The van der Waals surface area contributed by atoms with Gasteiger partial charge in [0.1, 0.15) is 24.6 Å². The quantitative estimate of drug-likeness (QED) is 0.704. The largest absolute Gasteiger partial charge is 0.408 e. The van der Waals surface area contributed by atoms with E-state index in [4.69, 9.17) is 4.74 Å². The lowest BCUT2D eigenvalue weighted by Gasteiger charge is -2.40. The van der Waals surface area contributed by atoms with Crippen LogP contribution in [0.3, 0.4) is 0 Å². The molecule has 0 spiro atoms. The highest BCUT2D eigenvalue weighted by Crippen LogP contribution is 2.35. The van der Waals surface area contributed by atoms with E-state index in [1.165, 1.54) is 10.6 Å². The zero-order valence-corrected chi connectivity index (χ0v) is 16.2. The Bertz CT molecular complexity index is 935. The van der Waals surface area contributed by atoms with Gasteiger partial charge in [-0.05, 0) is 12.0 Å². The van der Waals surface area contributed by atoms with Gasteiger partial charge in [0, 0.05) is 32.2 Å². The number of hydrogen-bond donors (Lipinski definition) is 0. The number of benzene rings is 1. The maximum absolute atomic E-state index is 13.8. The Balaban J connectivity index is 1.74. The van der Waals surface area contributed by atoms with Gasteiger partial charge in [0.25, 0.3) is 5.56 Å². The molecule has 1 saturated heterocycles. The molecule has 0 bridgehead atoms. The first-order valence-corrected chi connectivity index (χ1v) is 9.78. The van der Waals surface area contributed by atoms with Crippen molar-refractivity contribution in [1.82, 2.24) is 9.55 Å². The zero-order valence-electron chi connectivity index (χ0n) is 16.2. The molecule has 2 aliphatic heterocycles. The molecule has 0 aliphatic carbocycles. The number of aromatic nitrogens is 2. The van der Waals surface area contributed by atoms with Crippen molar-refractivity contribution in [2.24, 2.45) is 0 Å². The van der Waals surface area contributed by atoms with Gasteiger partial charge in [-0.3, -0.25) is 9.36 Å². The Morgan fingerprint density at radius 2 is 1.93 bits per heavy atom. The van der Waals surface area contributed by atoms with E-state index in [0.29, 0.717) is 12.1 Å². The van der Waals surface area contributed by atoms with Crippen LogP contribution >= 0.6 is 0 Å². The lowest BCUT2D eigenvalue weighted by molar-refractivity contribution is -0.153. The molecule has 2 unspecified atom stereocenters. The number of alkyl halides is 4. The van der Waals surface area contributed by atoms with E-state index < -0.39 is 30.6 Å². The number of anilines is 2. The van der Waals surface area contributed by atoms with Gasteiger partial charge in [0.05, 0.1) is 6.61 Å². The summed E-state index contributed by atoms with van der Waals surface area (Å²) in [7, 11) is 0.